The lowest BCUT2D eigenvalue weighted by Gasteiger charge is -2.12. The average molecular weight is 707 g/mol. The minimum atomic E-state index is -0.632. The molecule has 3 aromatic rings. The molecule has 0 atom stereocenters. The molecular formula is C27H23I2N3O4. The summed E-state index contributed by atoms with van der Waals surface area (Å²) >= 11 is 4.39. The van der Waals surface area contributed by atoms with Crippen molar-refractivity contribution in [1.82, 2.24) is 10.2 Å². The van der Waals surface area contributed by atoms with Crippen LogP contribution in [0, 0.1) is 21.0 Å². The second kappa shape index (κ2) is 11.4. The SMILES string of the molecule is Cc1ccc(NC(=O)CN2C(=O)N/C(=C/c3cc(I)c(OCc4cccc(C)c4)c(I)c3)C2=O)cc1. The normalized spacial score (nSPS) is 14.2. The van der Waals surface area contributed by atoms with E-state index < -0.39 is 17.8 Å². The quantitative estimate of drug-likeness (QED) is 0.190. The standard InChI is InChI=1S/C27H23I2N3O4/c1-16-6-8-20(9-7-16)30-24(33)14-32-26(34)23(31-27(32)35)13-19-11-21(28)25(22(29)12-19)36-15-18-5-3-4-17(2)10-18/h3-13H,14-15H2,1-2H3,(H,30,33)(H,31,35)/b23-13+. The van der Waals surface area contributed by atoms with Crippen LogP contribution in [0.15, 0.2) is 66.4 Å². The van der Waals surface area contributed by atoms with Crippen molar-refractivity contribution in [2.75, 3.05) is 11.9 Å². The van der Waals surface area contributed by atoms with Crippen LogP contribution < -0.4 is 15.4 Å². The fourth-order valence-electron chi connectivity index (χ4n) is 3.62. The van der Waals surface area contributed by atoms with Gasteiger partial charge in [-0.25, -0.2) is 9.69 Å². The topological polar surface area (TPSA) is 87.7 Å². The number of nitrogens with one attached hydrogen (secondary N) is 2. The third-order valence-corrected chi connectivity index (χ3v) is 7.00. The Kier molecular flexibility index (Phi) is 8.29. The van der Waals surface area contributed by atoms with Crippen molar-refractivity contribution in [2.24, 2.45) is 0 Å². The van der Waals surface area contributed by atoms with Gasteiger partial charge in [0.05, 0.1) is 7.14 Å². The van der Waals surface area contributed by atoms with Crippen LogP contribution >= 0.6 is 45.2 Å². The average Bonchev–Trinajstić information content (AvgIpc) is 3.07. The molecule has 3 aromatic carbocycles. The molecule has 1 heterocycles. The fraction of sp³-hybridized carbons (Fsp3) is 0.148. The maximum atomic E-state index is 12.8. The van der Waals surface area contributed by atoms with Crippen LogP contribution in [0.4, 0.5) is 10.5 Å². The first-order chi connectivity index (χ1) is 17.2. The summed E-state index contributed by atoms with van der Waals surface area (Å²) in [4.78, 5) is 38.5. The molecule has 0 bridgehead atoms. The van der Waals surface area contributed by atoms with Crippen molar-refractivity contribution < 1.29 is 19.1 Å². The Morgan fingerprint density at radius 2 is 1.69 bits per heavy atom. The summed E-state index contributed by atoms with van der Waals surface area (Å²) in [5.74, 6) is -0.247. The molecule has 0 aliphatic carbocycles. The van der Waals surface area contributed by atoms with E-state index in [1.165, 1.54) is 5.56 Å². The summed E-state index contributed by atoms with van der Waals surface area (Å²) < 4.78 is 7.82. The molecule has 4 rings (SSSR count). The van der Waals surface area contributed by atoms with Gasteiger partial charge in [-0.3, -0.25) is 9.59 Å². The lowest BCUT2D eigenvalue weighted by Crippen LogP contribution is -2.38. The van der Waals surface area contributed by atoms with Gasteiger partial charge in [-0.05, 0) is 100 Å². The molecule has 7 nitrogen and oxygen atoms in total. The number of hydrogen-bond acceptors (Lipinski definition) is 4. The van der Waals surface area contributed by atoms with Gasteiger partial charge >= 0.3 is 6.03 Å². The molecule has 0 aromatic heterocycles. The Morgan fingerprint density at radius 3 is 2.36 bits per heavy atom. The highest BCUT2D eigenvalue weighted by Gasteiger charge is 2.35. The number of benzene rings is 3. The van der Waals surface area contributed by atoms with Crippen molar-refractivity contribution in [3.05, 3.63) is 95.8 Å². The highest BCUT2D eigenvalue weighted by molar-refractivity contribution is 14.1. The molecule has 0 spiro atoms. The Labute approximate surface area is 236 Å². The smallest absolute Gasteiger partial charge is 0.329 e. The number of anilines is 1. The molecule has 9 heteroatoms. The van der Waals surface area contributed by atoms with E-state index in [0.29, 0.717) is 12.3 Å². The monoisotopic (exact) mass is 707 g/mol. The van der Waals surface area contributed by atoms with Crippen LogP contribution in [0.25, 0.3) is 6.08 Å². The highest BCUT2D eigenvalue weighted by Crippen LogP contribution is 2.31. The number of aryl methyl sites for hydroxylation is 2. The molecule has 0 saturated carbocycles. The summed E-state index contributed by atoms with van der Waals surface area (Å²) in [6.07, 6.45) is 1.60. The zero-order valence-corrected chi connectivity index (χ0v) is 23.9. The molecule has 1 aliphatic heterocycles. The number of nitrogens with zero attached hydrogens (tertiary/aromatic N) is 1. The lowest BCUT2D eigenvalue weighted by atomic mass is 10.1. The van der Waals surface area contributed by atoms with E-state index in [4.69, 9.17) is 4.74 Å². The Bertz CT molecular complexity index is 1350. The van der Waals surface area contributed by atoms with Crippen LogP contribution in [0.3, 0.4) is 0 Å². The van der Waals surface area contributed by atoms with E-state index in [0.717, 1.165) is 34.5 Å². The van der Waals surface area contributed by atoms with Crippen molar-refractivity contribution in [3.63, 3.8) is 0 Å². The van der Waals surface area contributed by atoms with E-state index >= 15 is 0 Å². The first-order valence-corrected chi connectivity index (χ1v) is 13.2. The zero-order valence-electron chi connectivity index (χ0n) is 19.6. The van der Waals surface area contributed by atoms with Crippen molar-refractivity contribution in [2.45, 2.75) is 20.5 Å². The largest absolute Gasteiger partial charge is 0.487 e. The molecule has 1 aliphatic rings. The second-order valence-electron chi connectivity index (χ2n) is 8.39. The van der Waals surface area contributed by atoms with Gasteiger partial charge in [0.25, 0.3) is 5.91 Å². The molecule has 0 unspecified atom stereocenters. The number of carbonyl (C=O) groups excluding carboxylic acids is 3. The van der Waals surface area contributed by atoms with Crippen LogP contribution in [0.2, 0.25) is 0 Å². The van der Waals surface area contributed by atoms with Crippen molar-refractivity contribution >= 4 is 74.8 Å². The second-order valence-corrected chi connectivity index (χ2v) is 10.7. The number of rotatable bonds is 7. The summed E-state index contributed by atoms with van der Waals surface area (Å²) in [6.45, 7) is 4.06. The number of halogens is 2. The van der Waals surface area contributed by atoms with E-state index in [2.05, 4.69) is 61.9 Å². The van der Waals surface area contributed by atoms with Crippen molar-refractivity contribution in [3.8, 4) is 5.75 Å². The summed E-state index contributed by atoms with van der Waals surface area (Å²) in [6, 6.07) is 18.5. The van der Waals surface area contributed by atoms with E-state index in [-0.39, 0.29) is 12.2 Å². The number of urea groups is 1. The van der Waals surface area contributed by atoms with Gasteiger partial charge in [0.2, 0.25) is 5.91 Å². The molecular weight excluding hydrogens is 684 g/mol. The Balaban J connectivity index is 1.43. The first-order valence-electron chi connectivity index (χ1n) is 11.1. The maximum Gasteiger partial charge on any atom is 0.329 e. The minimum Gasteiger partial charge on any atom is -0.487 e. The van der Waals surface area contributed by atoms with E-state index in [1.807, 2.05) is 56.3 Å². The van der Waals surface area contributed by atoms with E-state index in [9.17, 15) is 14.4 Å². The van der Waals surface area contributed by atoms with Gasteiger partial charge in [-0.2, -0.15) is 0 Å². The van der Waals surface area contributed by atoms with Crippen LogP contribution in [-0.2, 0) is 16.2 Å². The van der Waals surface area contributed by atoms with Crippen LogP contribution in [-0.4, -0.2) is 29.3 Å². The maximum absolute atomic E-state index is 12.8. The number of hydrogen-bond donors (Lipinski definition) is 2. The number of carbonyl (C=O) groups is 3. The van der Waals surface area contributed by atoms with Gasteiger partial charge in [-0.15, -0.1) is 0 Å². The number of ether oxygens (including phenoxy) is 1. The van der Waals surface area contributed by atoms with Crippen LogP contribution in [0.1, 0.15) is 22.3 Å². The molecule has 1 saturated heterocycles. The predicted octanol–water partition coefficient (Wildman–Crippen LogP) is 5.62. The van der Waals surface area contributed by atoms with Gasteiger partial charge in [0.15, 0.2) is 0 Å². The molecule has 4 amide bonds. The molecule has 1 fully saturated rings. The number of imide groups is 1. The van der Waals surface area contributed by atoms with E-state index in [1.54, 1.807) is 18.2 Å². The Hall–Kier alpha value is -2.93. The fourth-order valence-corrected chi connectivity index (χ4v) is 5.75. The molecule has 184 valence electrons. The molecule has 2 N–H and O–H groups in total. The zero-order chi connectivity index (χ0) is 25.8. The molecule has 36 heavy (non-hydrogen) atoms. The Morgan fingerprint density at radius 1 is 1.00 bits per heavy atom. The number of amides is 4. The summed E-state index contributed by atoms with van der Waals surface area (Å²) in [5.41, 5.74) is 4.77. The van der Waals surface area contributed by atoms with Gasteiger partial charge < -0.3 is 15.4 Å². The first kappa shape index (κ1) is 26.1. The third-order valence-electron chi connectivity index (χ3n) is 5.40. The third kappa shape index (κ3) is 6.44. The van der Waals surface area contributed by atoms with Crippen LogP contribution in [0.5, 0.6) is 5.75 Å². The summed E-state index contributed by atoms with van der Waals surface area (Å²) in [5, 5.41) is 5.27. The van der Waals surface area contributed by atoms with Gasteiger partial charge in [0, 0.05) is 5.69 Å². The summed E-state index contributed by atoms with van der Waals surface area (Å²) in [7, 11) is 0. The highest BCUT2D eigenvalue weighted by atomic mass is 127. The minimum absolute atomic E-state index is 0.114. The van der Waals surface area contributed by atoms with Gasteiger partial charge in [0.1, 0.15) is 24.6 Å². The van der Waals surface area contributed by atoms with Gasteiger partial charge in [-0.1, -0.05) is 47.5 Å². The van der Waals surface area contributed by atoms with Crippen molar-refractivity contribution in [1.29, 1.82) is 0 Å². The lowest BCUT2D eigenvalue weighted by molar-refractivity contribution is -0.127. The molecule has 0 radical (unpaired) electrons. The predicted molar refractivity (Wildman–Crippen MR) is 155 cm³/mol.